The Kier molecular flexibility index (Phi) is 5.70. The number of anilines is 1. The van der Waals surface area contributed by atoms with Crippen LogP contribution in [0.5, 0.6) is 5.75 Å². The Labute approximate surface area is 200 Å². The molecule has 0 unspecified atom stereocenters. The number of carbonyl (C=O) groups excluding carboxylic acids is 2. The molecule has 0 bridgehead atoms. The van der Waals surface area contributed by atoms with Crippen molar-refractivity contribution in [1.29, 1.82) is 0 Å². The van der Waals surface area contributed by atoms with Crippen LogP contribution in [-0.4, -0.2) is 29.9 Å². The van der Waals surface area contributed by atoms with Gasteiger partial charge in [0.15, 0.2) is 0 Å². The summed E-state index contributed by atoms with van der Waals surface area (Å²) in [6.45, 7) is 7.81. The molecule has 3 aromatic carbocycles. The van der Waals surface area contributed by atoms with Crippen LogP contribution < -0.4 is 9.64 Å². The molecule has 5 rings (SSSR count). The smallest absolute Gasteiger partial charge is 0.282 e. The molecule has 2 heterocycles. The minimum atomic E-state index is -0.286. The van der Waals surface area contributed by atoms with Gasteiger partial charge in [0.25, 0.3) is 11.8 Å². The van der Waals surface area contributed by atoms with E-state index in [9.17, 15) is 9.59 Å². The van der Waals surface area contributed by atoms with Crippen LogP contribution in [0, 0.1) is 13.8 Å². The SMILES string of the molecule is CCOc1ccc(C2=C(N3CCc4ccccc4C3)C(=O)N(c3ccc(C)c(C)c3)C2=O)cc1. The van der Waals surface area contributed by atoms with E-state index in [2.05, 4.69) is 17.0 Å². The number of carbonyl (C=O) groups is 2. The lowest BCUT2D eigenvalue weighted by Gasteiger charge is -2.31. The van der Waals surface area contributed by atoms with Gasteiger partial charge >= 0.3 is 0 Å². The summed E-state index contributed by atoms with van der Waals surface area (Å²) in [4.78, 5) is 31.1. The number of benzene rings is 3. The molecule has 0 saturated carbocycles. The lowest BCUT2D eigenvalue weighted by atomic mass is 9.98. The number of nitrogens with zero attached hydrogens (tertiary/aromatic N) is 2. The third kappa shape index (κ3) is 3.77. The number of ether oxygens (including phenoxy) is 1. The van der Waals surface area contributed by atoms with Gasteiger partial charge in [0.05, 0.1) is 17.9 Å². The number of rotatable bonds is 5. The second kappa shape index (κ2) is 8.82. The molecule has 0 fully saturated rings. The number of fused-ring (bicyclic) bond motifs is 1. The lowest BCUT2D eigenvalue weighted by Crippen LogP contribution is -2.37. The Morgan fingerprint density at radius 3 is 2.29 bits per heavy atom. The molecule has 0 atom stereocenters. The Bertz CT molecular complexity index is 1310. The van der Waals surface area contributed by atoms with Crippen LogP contribution >= 0.6 is 0 Å². The first-order valence-corrected chi connectivity index (χ1v) is 11.7. The van der Waals surface area contributed by atoms with Crippen molar-refractivity contribution in [2.45, 2.75) is 33.7 Å². The average Bonchev–Trinajstić information content (AvgIpc) is 3.11. The molecule has 2 amide bonds. The van der Waals surface area contributed by atoms with Crippen molar-refractivity contribution < 1.29 is 14.3 Å². The van der Waals surface area contributed by atoms with Crippen LogP contribution in [0.15, 0.2) is 72.4 Å². The second-order valence-corrected chi connectivity index (χ2v) is 8.84. The van der Waals surface area contributed by atoms with E-state index in [-0.39, 0.29) is 11.8 Å². The summed E-state index contributed by atoms with van der Waals surface area (Å²) in [5.41, 5.74) is 6.90. The largest absolute Gasteiger partial charge is 0.494 e. The van der Waals surface area contributed by atoms with Gasteiger partial charge in [-0.15, -0.1) is 0 Å². The maximum atomic E-state index is 13.9. The van der Waals surface area contributed by atoms with Crippen molar-refractivity contribution in [3.05, 3.63) is 100 Å². The maximum Gasteiger partial charge on any atom is 0.282 e. The quantitative estimate of drug-likeness (QED) is 0.509. The molecule has 0 spiro atoms. The molecule has 2 aliphatic heterocycles. The van der Waals surface area contributed by atoms with Crippen LogP contribution in [0.3, 0.4) is 0 Å². The van der Waals surface area contributed by atoms with E-state index in [0.717, 1.165) is 28.9 Å². The van der Waals surface area contributed by atoms with Crippen LogP contribution in [0.2, 0.25) is 0 Å². The van der Waals surface area contributed by atoms with Gasteiger partial charge in [-0.05, 0) is 79.3 Å². The van der Waals surface area contributed by atoms with E-state index < -0.39 is 0 Å². The van der Waals surface area contributed by atoms with Gasteiger partial charge in [0.1, 0.15) is 11.4 Å². The van der Waals surface area contributed by atoms with Crippen molar-refractivity contribution in [3.63, 3.8) is 0 Å². The maximum absolute atomic E-state index is 13.9. The number of hydrogen-bond donors (Lipinski definition) is 0. The van der Waals surface area contributed by atoms with Gasteiger partial charge in [-0.1, -0.05) is 42.5 Å². The standard InChI is InChI=1S/C29H28N2O3/c1-4-34-25-13-10-22(11-14-25)26-27(30-16-15-21-7-5-6-8-23(21)18-30)29(33)31(28(26)32)24-12-9-19(2)20(3)17-24/h5-14,17H,4,15-16,18H2,1-3H3. The second-order valence-electron chi connectivity index (χ2n) is 8.84. The Hall–Kier alpha value is -3.86. The van der Waals surface area contributed by atoms with E-state index in [1.165, 1.54) is 16.0 Å². The number of amides is 2. The predicted molar refractivity (Wildman–Crippen MR) is 133 cm³/mol. The molecule has 5 heteroatoms. The zero-order valence-electron chi connectivity index (χ0n) is 19.8. The molecule has 172 valence electrons. The highest BCUT2D eigenvalue weighted by atomic mass is 16.5. The first-order chi connectivity index (χ1) is 16.5. The van der Waals surface area contributed by atoms with E-state index in [1.54, 1.807) is 0 Å². The molecule has 0 radical (unpaired) electrons. The number of aryl methyl sites for hydroxylation is 2. The van der Waals surface area contributed by atoms with E-state index in [4.69, 9.17) is 4.74 Å². The zero-order chi connectivity index (χ0) is 23.8. The molecular formula is C29H28N2O3. The van der Waals surface area contributed by atoms with Gasteiger partial charge in [0, 0.05) is 13.1 Å². The van der Waals surface area contributed by atoms with E-state index >= 15 is 0 Å². The summed E-state index contributed by atoms with van der Waals surface area (Å²) in [5, 5.41) is 0. The normalized spacial score (nSPS) is 15.7. The predicted octanol–water partition coefficient (Wildman–Crippen LogP) is 5.04. The van der Waals surface area contributed by atoms with Crippen molar-refractivity contribution in [2.75, 3.05) is 18.1 Å². The van der Waals surface area contributed by atoms with Crippen molar-refractivity contribution in [1.82, 2.24) is 4.90 Å². The highest BCUT2D eigenvalue weighted by molar-refractivity contribution is 6.45. The number of hydrogen-bond acceptors (Lipinski definition) is 4. The molecule has 0 N–H and O–H groups in total. The minimum Gasteiger partial charge on any atom is -0.494 e. The summed E-state index contributed by atoms with van der Waals surface area (Å²) >= 11 is 0. The lowest BCUT2D eigenvalue weighted by molar-refractivity contribution is -0.120. The first-order valence-electron chi connectivity index (χ1n) is 11.7. The summed E-state index contributed by atoms with van der Waals surface area (Å²) < 4.78 is 5.58. The van der Waals surface area contributed by atoms with Gasteiger partial charge in [-0.3, -0.25) is 9.59 Å². The first kappa shape index (κ1) is 22.0. The van der Waals surface area contributed by atoms with Crippen molar-refractivity contribution >= 4 is 23.1 Å². The van der Waals surface area contributed by atoms with Gasteiger partial charge in [0.2, 0.25) is 0 Å². The summed E-state index contributed by atoms with van der Waals surface area (Å²) in [5.74, 6) is 0.186. The summed E-state index contributed by atoms with van der Waals surface area (Å²) in [6.07, 6.45) is 0.835. The van der Waals surface area contributed by atoms with E-state index in [0.29, 0.717) is 36.7 Å². The third-order valence-corrected chi connectivity index (χ3v) is 6.71. The van der Waals surface area contributed by atoms with Crippen LogP contribution in [0.1, 0.15) is 34.7 Å². The van der Waals surface area contributed by atoms with Crippen molar-refractivity contribution in [2.24, 2.45) is 0 Å². The Balaban J connectivity index is 1.60. The molecular weight excluding hydrogens is 424 g/mol. The van der Waals surface area contributed by atoms with Crippen LogP contribution in [-0.2, 0) is 22.6 Å². The number of imide groups is 1. The van der Waals surface area contributed by atoms with Crippen LogP contribution in [0.25, 0.3) is 5.57 Å². The van der Waals surface area contributed by atoms with Crippen LogP contribution in [0.4, 0.5) is 5.69 Å². The molecule has 3 aromatic rings. The molecule has 0 aliphatic carbocycles. The fourth-order valence-electron chi connectivity index (χ4n) is 4.74. The Morgan fingerprint density at radius 1 is 0.853 bits per heavy atom. The van der Waals surface area contributed by atoms with Gasteiger partial charge < -0.3 is 9.64 Å². The molecule has 2 aliphatic rings. The molecule has 0 aromatic heterocycles. The zero-order valence-corrected chi connectivity index (χ0v) is 19.8. The monoisotopic (exact) mass is 452 g/mol. The fourth-order valence-corrected chi connectivity index (χ4v) is 4.74. The minimum absolute atomic E-state index is 0.267. The Morgan fingerprint density at radius 2 is 1.59 bits per heavy atom. The average molecular weight is 453 g/mol. The van der Waals surface area contributed by atoms with Gasteiger partial charge in [-0.2, -0.15) is 0 Å². The fraction of sp³-hybridized carbons (Fsp3) is 0.241. The molecule has 5 nitrogen and oxygen atoms in total. The van der Waals surface area contributed by atoms with Gasteiger partial charge in [-0.25, -0.2) is 4.90 Å². The molecule has 0 saturated heterocycles. The summed E-state index contributed by atoms with van der Waals surface area (Å²) in [7, 11) is 0. The summed E-state index contributed by atoms with van der Waals surface area (Å²) in [6, 6.07) is 21.5. The highest BCUT2D eigenvalue weighted by Gasteiger charge is 2.43. The highest BCUT2D eigenvalue weighted by Crippen LogP contribution is 2.37. The van der Waals surface area contributed by atoms with E-state index in [1.807, 2.05) is 75.4 Å². The van der Waals surface area contributed by atoms with Crippen molar-refractivity contribution in [3.8, 4) is 5.75 Å². The molecule has 34 heavy (non-hydrogen) atoms. The third-order valence-electron chi connectivity index (χ3n) is 6.71. The topological polar surface area (TPSA) is 49.9 Å².